The van der Waals surface area contributed by atoms with Crippen LogP contribution in [0.25, 0.3) is 0 Å². The molecule has 1 saturated heterocycles. The summed E-state index contributed by atoms with van der Waals surface area (Å²) in [5.41, 5.74) is 0.110. The molecule has 3 nitrogen and oxygen atoms in total. The third-order valence-electron chi connectivity index (χ3n) is 2.13. The highest BCUT2D eigenvalue weighted by Gasteiger charge is 2.45. The summed E-state index contributed by atoms with van der Waals surface area (Å²) in [5, 5.41) is 9.15. The number of ether oxygens (including phenoxy) is 2. The first-order chi connectivity index (χ1) is 5.42. The lowest BCUT2D eigenvalue weighted by Gasteiger charge is -2.27. The van der Waals surface area contributed by atoms with Gasteiger partial charge in [0.25, 0.3) is 0 Å². The van der Waals surface area contributed by atoms with E-state index in [-0.39, 0.29) is 6.61 Å². The second kappa shape index (κ2) is 2.83. The molecule has 1 rings (SSSR count). The predicted molar refractivity (Wildman–Crippen MR) is 45.7 cm³/mol. The second-order valence-electron chi connectivity index (χ2n) is 3.72. The van der Waals surface area contributed by atoms with Gasteiger partial charge in [0, 0.05) is 0 Å². The van der Waals surface area contributed by atoms with Crippen LogP contribution in [0.3, 0.4) is 0 Å². The zero-order valence-corrected chi connectivity index (χ0v) is 7.89. The zero-order valence-electron chi connectivity index (χ0n) is 7.89. The van der Waals surface area contributed by atoms with Crippen molar-refractivity contribution in [3.63, 3.8) is 0 Å². The van der Waals surface area contributed by atoms with Gasteiger partial charge in [-0.15, -0.1) is 0 Å². The number of hydrogen-bond donors (Lipinski definition) is 1. The molecule has 0 radical (unpaired) electrons. The summed E-state index contributed by atoms with van der Waals surface area (Å²) in [6, 6.07) is 0. The Balaban J connectivity index is 2.80. The Bertz CT molecular complexity index is 198. The van der Waals surface area contributed by atoms with E-state index in [2.05, 4.69) is 6.58 Å². The van der Waals surface area contributed by atoms with Crippen LogP contribution in [0.2, 0.25) is 0 Å². The van der Waals surface area contributed by atoms with E-state index in [1.54, 1.807) is 0 Å². The average molecular weight is 172 g/mol. The minimum atomic E-state index is -0.691. The van der Waals surface area contributed by atoms with Gasteiger partial charge in [-0.05, 0) is 26.3 Å². The Morgan fingerprint density at radius 1 is 1.58 bits per heavy atom. The number of hydrogen-bond acceptors (Lipinski definition) is 3. The molecule has 1 aliphatic rings. The molecule has 0 amide bonds. The van der Waals surface area contributed by atoms with Gasteiger partial charge >= 0.3 is 0 Å². The van der Waals surface area contributed by atoms with Gasteiger partial charge in [0.2, 0.25) is 0 Å². The van der Waals surface area contributed by atoms with E-state index >= 15 is 0 Å². The van der Waals surface area contributed by atoms with E-state index in [1.807, 2.05) is 20.8 Å². The monoisotopic (exact) mass is 172 g/mol. The van der Waals surface area contributed by atoms with Crippen LogP contribution in [0.4, 0.5) is 0 Å². The summed E-state index contributed by atoms with van der Waals surface area (Å²) in [6.45, 7) is 9.57. The maximum Gasteiger partial charge on any atom is 0.164 e. The molecule has 0 unspecified atom stereocenters. The lowest BCUT2D eigenvalue weighted by Crippen LogP contribution is -2.39. The van der Waals surface area contributed by atoms with Crippen molar-refractivity contribution in [1.82, 2.24) is 0 Å². The van der Waals surface area contributed by atoms with Crippen LogP contribution in [-0.4, -0.2) is 29.7 Å². The lowest BCUT2D eigenvalue weighted by molar-refractivity contribution is -0.160. The quantitative estimate of drug-likeness (QED) is 0.633. The van der Waals surface area contributed by atoms with Crippen molar-refractivity contribution >= 4 is 0 Å². The minimum Gasteiger partial charge on any atom is -0.393 e. The van der Waals surface area contributed by atoms with E-state index in [9.17, 15) is 0 Å². The van der Waals surface area contributed by atoms with Crippen LogP contribution < -0.4 is 0 Å². The molecule has 0 bridgehead atoms. The lowest BCUT2D eigenvalue weighted by atomic mass is 9.99. The largest absolute Gasteiger partial charge is 0.393 e. The van der Waals surface area contributed by atoms with Gasteiger partial charge in [0.15, 0.2) is 5.79 Å². The second-order valence-corrected chi connectivity index (χ2v) is 3.72. The highest BCUT2D eigenvalue weighted by molar-refractivity contribution is 5.13. The van der Waals surface area contributed by atoms with E-state index in [1.165, 1.54) is 0 Å². The Labute approximate surface area is 73.0 Å². The predicted octanol–water partition coefficient (Wildman–Crippen LogP) is 1.08. The van der Waals surface area contributed by atoms with E-state index in [4.69, 9.17) is 14.6 Å². The van der Waals surface area contributed by atoms with Gasteiger partial charge in [-0.1, -0.05) is 6.58 Å². The fraction of sp³-hybridized carbons (Fsp3) is 0.778. The molecule has 12 heavy (non-hydrogen) atoms. The van der Waals surface area contributed by atoms with Gasteiger partial charge in [-0.2, -0.15) is 0 Å². The van der Waals surface area contributed by atoms with Crippen molar-refractivity contribution in [2.75, 3.05) is 13.2 Å². The summed E-state index contributed by atoms with van der Waals surface area (Å²) < 4.78 is 10.9. The molecule has 70 valence electrons. The summed E-state index contributed by atoms with van der Waals surface area (Å²) in [4.78, 5) is 0. The van der Waals surface area contributed by atoms with Crippen LogP contribution in [0.1, 0.15) is 20.8 Å². The van der Waals surface area contributed by atoms with E-state index in [0.717, 1.165) is 5.57 Å². The minimum absolute atomic E-state index is 0.0776. The number of rotatable bonds is 2. The highest BCUT2D eigenvalue weighted by Crippen LogP contribution is 2.34. The molecule has 1 N–H and O–H groups in total. The van der Waals surface area contributed by atoms with Gasteiger partial charge in [0.1, 0.15) is 5.60 Å². The smallest absolute Gasteiger partial charge is 0.164 e. The highest BCUT2D eigenvalue weighted by atomic mass is 16.8. The van der Waals surface area contributed by atoms with Crippen LogP contribution in [0.15, 0.2) is 12.2 Å². The van der Waals surface area contributed by atoms with Crippen molar-refractivity contribution in [1.29, 1.82) is 0 Å². The standard InChI is InChI=1S/C9H16O3/c1-7(2)9(5-10)6-11-8(3,4)12-9/h10H,1,5-6H2,2-4H3/t9-/m1/s1. The summed E-state index contributed by atoms with van der Waals surface area (Å²) in [7, 11) is 0. The molecule has 3 heteroatoms. The molecule has 0 aromatic carbocycles. The van der Waals surface area contributed by atoms with Crippen LogP contribution in [0.5, 0.6) is 0 Å². The van der Waals surface area contributed by atoms with Gasteiger partial charge in [-0.3, -0.25) is 0 Å². The van der Waals surface area contributed by atoms with Gasteiger partial charge in [0.05, 0.1) is 13.2 Å². The SMILES string of the molecule is C=C(C)[C@@]1(CO)COC(C)(C)O1. The van der Waals surface area contributed by atoms with Crippen LogP contribution >= 0.6 is 0 Å². The number of aliphatic hydroxyl groups is 1. The molecule has 1 fully saturated rings. The topological polar surface area (TPSA) is 38.7 Å². The first-order valence-electron chi connectivity index (χ1n) is 4.03. The molecular formula is C9H16O3. The summed E-state index contributed by atoms with van der Waals surface area (Å²) >= 11 is 0. The molecular weight excluding hydrogens is 156 g/mol. The van der Waals surface area contributed by atoms with Gasteiger partial charge < -0.3 is 14.6 Å². The third-order valence-corrected chi connectivity index (χ3v) is 2.13. The van der Waals surface area contributed by atoms with Crippen LogP contribution in [0, 0.1) is 0 Å². The van der Waals surface area contributed by atoms with Crippen LogP contribution in [-0.2, 0) is 9.47 Å². The molecule has 1 aliphatic heterocycles. The van der Waals surface area contributed by atoms with Gasteiger partial charge in [-0.25, -0.2) is 0 Å². The molecule has 0 aromatic rings. The van der Waals surface area contributed by atoms with E-state index in [0.29, 0.717) is 6.61 Å². The Hall–Kier alpha value is -0.380. The maximum atomic E-state index is 9.15. The van der Waals surface area contributed by atoms with Crippen molar-refractivity contribution in [3.05, 3.63) is 12.2 Å². The molecule has 1 heterocycles. The molecule has 0 aliphatic carbocycles. The molecule has 1 atom stereocenters. The fourth-order valence-corrected chi connectivity index (χ4v) is 1.24. The summed E-state index contributed by atoms with van der Waals surface area (Å²) in [6.07, 6.45) is 0. The zero-order chi connectivity index (χ0) is 9.41. The Kier molecular flexibility index (Phi) is 2.29. The molecule has 0 aromatic heterocycles. The fourth-order valence-electron chi connectivity index (χ4n) is 1.24. The first-order valence-corrected chi connectivity index (χ1v) is 4.03. The number of aliphatic hydroxyl groups excluding tert-OH is 1. The Morgan fingerprint density at radius 2 is 2.17 bits per heavy atom. The summed E-state index contributed by atoms with van der Waals surface area (Å²) in [5.74, 6) is -0.609. The third kappa shape index (κ3) is 1.53. The van der Waals surface area contributed by atoms with Crippen molar-refractivity contribution in [3.8, 4) is 0 Å². The molecule has 0 saturated carbocycles. The molecule has 0 spiro atoms. The van der Waals surface area contributed by atoms with Crippen molar-refractivity contribution < 1.29 is 14.6 Å². The van der Waals surface area contributed by atoms with E-state index < -0.39 is 11.4 Å². The van der Waals surface area contributed by atoms with Crippen molar-refractivity contribution in [2.24, 2.45) is 0 Å². The normalized spacial score (nSPS) is 33.7. The average Bonchev–Trinajstić information content (AvgIpc) is 2.27. The maximum absolute atomic E-state index is 9.15. The first kappa shape index (κ1) is 9.71. The van der Waals surface area contributed by atoms with Crippen molar-refractivity contribution in [2.45, 2.75) is 32.2 Å². The Morgan fingerprint density at radius 3 is 2.33 bits per heavy atom.